The highest BCUT2D eigenvalue weighted by Gasteiger charge is 2.24. The second kappa shape index (κ2) is 6.40. The van der Waals surface area contributed by atoms with Crippen molar-refractivity contribution < 1.29 is 22.3 Å². The lowest BCUT2D eigenvalue weighted by Gasteiger charge is -2.14. The largest absolute Gasteiger partial charge is 0.392 e. The standard InChI is InChI=1S/C12H17F2NO3S/c1-3-4-8(2)15-19(17,18)11-6-9(7-16)5-10(13)12(11)14/h5-6,8,15-16H,3-4,7H2,1-2H3. The van der Waals surface area contributed by atoms with Gasteiger partial charge in [0.25, 0.3) is 0 Å². The van der Waals surface area contributed by atoms with Gasteiger partial charge in [0.15, 0.2) is 11.6 Å². The molecule has 0 aliphatic heterocycles. The number of halogens is 2. The minimum absolute atomic E-state index is 0.00224. The van der Waals surface area contributed by atoms with E-state index in [1.807, 2.05) is 6.92 Å². The number of sulfonamides is 1. The lowest BCUT2D eigenvalue weighted by molar-refractivity contribution is 0.280. The fraction of sp³-hybridized carbons (Fsp3) is 0.500. The molecule has 0 saturated heterocycles. The number of benzene rings is 1. The summed E-state index contributed by atoms with van der Waals surface area (Å²) in [6.45, 7) is 2.97. The Hall–Kier alpha value is -1.05. The number of rotatable bonds is 6. The van der Waals surface area contributed by atoms with Crippen molar-refractivity contribution in [2.75, 3.05) is 0 Å². The maximum absolute atomic E-state index is 13.6. The molecule has 0 amide bonds. The van der Waals surface area contributed by atoms with Gasteiger partial charge in [-0.05, 0) is 31.0 Å². The molecule has 0 fully saturated rings. The van der Waals surface area contributed by atoms with Gasteiger partial charge in [0.05, 0.1) is 6.61 Å². The average molecular weight is 293 g/mol. The van der Waals surface area contributed by atoms with E-state index in [0.29, 0.717) is 6.42 Å². The van der Waals surface area contributed by atoms with Gasteiger partial charge in [-0.2, -0.15) is 0 Å². The molecule has 0 heterocycles. The number of hydrogen-bond acceptors (Lipinski definition) is 3. The van der Waals surface area contributed by atoms with Crippen molar-refractivity contribution in [1.29, 1.82) is 0 Å². The van der Waals surface area contributed by atoms with E-state index in [9.17, 15) is 17.2 Å². The molecule has 1 atom stereocenters. The van der Waals surface area contributed by atoms with E-state index < -0.39 is 33.2 Å². The Balaban J connectivity index is 3.17. The summed E-state index contributed by atoms with van der Waals surface area (Å²) in [4.78, 5) is -0.778. The monoisotopic (exact) mass is 293 g/mol. The Morgan fingerprint density at radius 2 is 2.00 bits per heavy atom. The molecule has 7 heteroatoms. The lowest BCUT2D eigenvalue weighted by atomic mass is 10.2. The van der Waals surface area contributed by atoms with E-state index in [0.717, 1.165) is 18.6 Å². The summed E-state index contributed by atoms with van der Waals surface area (Å²) in [6, 6.07) is 1.32. The molecule has 1 rings (SSSR count). The number of hydrogen-bond donors (Lipinski definition) is 2. The van der Waals surface area contributed by atoms with E-state index >= 15 is 0 Å². The third kappa shape index (κ3) is 3.95. The van der Waals surface area contributed by atoms with Crippen molar-refractivity contribution in [3.63, 3.8) is 0 Å². The van der Waals surface area contributed by atoms with Crippen LogP contribution in [0.25, 0.3) is 0 Å². The summed E-state index contributed by atoms with van der Waals surface area (Å²) in [5.41, 5.74) is 0.00224. The molecular formula is C12H17F2NO3S. The minimum Gasteiger partial charge on any atom is -0.392 e. The predicted molar refractivity (Wildman–Crippen MR) is 67.0 cm³/mol. The van der Waals surface area contributed by atoms with Crippen LogP contribution in [0, 0.1) is 11.6 Å². The second-order valence-electron chi connectivity index (χ2n) is 4.36. The van der Waals surface area contributed by atoms with Gasteiger partial charge in [-0.3, -0.25) is 0 Å². The van der Waals surface area contributed by atoms with E-state index in [4.69, 9.17) is 5.11 Å². The van der Waals surface area contributed by atoms with Crippen molar-refractivity contribution in [2.45, 2.75) is 44.2 Å². The maximum Gasteiger partial charge on any atom is 0.243 e. The van der Waals surface area contributed by atoms with Crippen molar-refractivity contribution >= 4 is 10.0 Å². The summed E-state index contributed by atoms with van der Waals surface area (Å²) in [6.07, 6.45) is 1.35. The fourth-order valence-corrected chi connectivity index (χ4v) is 3.14. The smallest absolute Gasteiger partial charge is 0.243 e. The van der Waals surface area contributed by atoms with Crippen molar-refractivity contribution in [3.05, 3.63) is 29.3 Å². The molecule has 0 bridgehead atoms. The molecule has 0 aliphatic carbocycles. The van der Waals surface area contributed by atoms with Crippen molar-refractivity contribution in [2.24, 2.45) is 0 Å². The van der Waals surface area contributed by atoms with Crippen molar-refractivity contribution in [1.82, 2.24) is 4.72 Å². The van der Waals surface area contributed by atoms with Gasteiger partial charge in [-0.15, -0.1) is 0 Å². The third-order valence-electron chi connectivity index (χ3n) is 2.60. The summed E-state index contributed by atoms with van der Waals surface area (Å²) < 4.78 is 53.0. The van der Waals surface area contributed by atoms with Crippen molar-refractivity contribution in [3.8, 4) is 0 Å². The highest BCUT2D eigenvalue weighted by atomic mass is 32.2. The first-order valence-electron chi connectivity index (χ1n) is 5.93. The Kier molecular flexibility index (Phi) is 5.39. The molecule has 1 aromatic rings. The first-order chi connectivity index (χ1) is 8.81. The fourth-order valence-electron chi connectivity index (χ4n) is 1.72. The van der Waals surface area contributed by atoms with Crippen LogP contribution in [0.5, 0.6) is 0 Å². The normalized spacial score (nSPS) is 13.5. The van der Waals surface area contributed by atoms with E-state index in [1.165, 1.54) is 0 Å². The lowest BCUT2D eigenvalue weighted by Crippen LogP contribution is -2.33. The van der Waals surface area contributed by atoms with Crippen LogP contribution in [-0.2, 0) is 16.6 Å². The van der Waals surface area contributed by atoms with Crippen LogP contribution in [0.4, 0.5) is 8.78 Å². The van der Waals surface area contributed by atoms with Gasteiger partial charge in [0, 0.05) is 6.04 Å². The summed E-state index contributed by atoms with van der Waals surface area (Å²) >= 11 is 0. The SMILES string of the molecule is CCCC(C)NS(=O)(=O)c1cc(CO)cc(F)c1F. The van der Waals surface area contributed by atoms with E-state index in [1.54, 1.807) is 6.92 Å². The molecule has 1 unspecified atom stereocenters. The molecule has 0 saturated carbocycles. The number of nitrogens with one attached hydrogen (secondary N) is 1. The topological polar surface area (TPSA) is 66.4 Å². The van der Waals surface area contributed by atoms with Crippen LogP contribution in [0.1, 0.15) is 32.3 Å². The first-order valence-corrected chi connectivity index (χ1v) is 7.41. The minimum atomic E-state index is -4.14. The molecule has 2 N–H and O–H groups in total. The molecule has 19 heavy (non-hydrogen) atoms. The first kappa shape index (κ1) is 16.0. The highest BCUT2D eigenvalue weighted by molar-refractivity contribution is 7.89. The van der Waals surface area contributed by atoms with E-state index in [2.05, 4.69) is 4.72 Å². The van der Waals surface area contributed by atoms with Gasteiger partial charge in [-0.1, -0.05) is 13.3 Å². The zero-order chi connectivity index (χ0) is 14.6. The zero-order valence-electron chi connectivity index (χ0n) is 10.8. The number of aliphatic hydroxyl groups is 1. The second-order valence-corrected chi connectivity index (χ2v) is 6.04. The van der Waals surface area contributed by atoms with Crippen LogP contribution >= 0.6 is 0 Å². The molecule has 0 aliphatic rings. The highest BCUT2D eigenvalue weighted by Crippen LogP contribution is 2.20. The summed E-state index contributed by atoms with van der Waals surface area (Å²) in [5.74, 6) is -2.73. The Morgan fingerprint density at radius 1 is 1.37 bits per heavy atom. The molecular weight excluding hydrogens is 276 g/mol. The molecule has 0 aromatic heterocycles. The van der Waals surface area contributed by atoms with Crippen LogP contribution in [0.3, 0.4) is 0 Å². The van der Waals surface area contributed by atoms with Gasteiger partial charge in [-0.25, -0.2) is 21.9 Å². The summed E-state index contributed by atoms with van der Waals surface area (Å²) in [5, 5.41) is 8.90. The Morgan fingerprint density at radius 3 is 2.53 bits per heavy atom. The van der Waals surface area contributed by atoms with Crippen LogP contribution < -0.4 is 4.72 Å². The molecule has 0 spiro atoms. The predicted octanol–water partition coefficient (Wildman–Crippen LogP) is 1.92. The van der Waals surface area contributed by atoms with Gasteiger partial charge in [0.2, 0.25) is 10.0 Å². The Labute approximate surface area is 111 Å². The molecule has 1 aromatic carbocycles. The maximum atomic E-state index is 13.6. The van der Waals surface area contributed by atoms with Gasteiger partial charge in [0.1, 0.15) is 4.90 Å². The molecule has 4 nitrogen and oxygen atoms in total. The Bertz CT molecular complexity index is 546. The van der Waals surface area contributed by atoms with Crippen LogP contribution in [0.2, 0.25) is 0 Å². The van der Waals surface area contributed by atoms with E-state index in [-0.39, 0.29) is 11.6 Å². The van der Waals surface area contributed by atoms with Crippen LogP contribution in [0.15, 0.2) is 17.0 Å². The summed E-state index contributed by atoms with van der Waals surface area (Å²) in [7, 11) is -4.14. The molecule has 108 valence electrons. The van der Waals surface area contributed by atoms with Gasteiger partial charge >= 0.3 is 0 Å². The van der Waals surface area contributed by atoms with Crippen LogP contribution in [-0.4, -0.2) is 19.6 Å². The zero-order valence-corrected chi connectivity index (χ0v) is 11.6. The molecule has 0 radical (unpaired) electrons. The average Bonchev–Trinajstić information content (AvgIpc) is 2.31. The quantitative estimate of drug-likeness (QED) is 0.842. The third-order valence-corrected chi connectivity index (χ3v) is 4.19. The van der Waals surface area contributed by atoms with Gasteiger partial charge < -0.3 is 5.11 Å². The number of aliphatic hydroxyl groups excluding tert-OH is 1.